The van der Waals surface area contributed by atoms with Gasteiger partial charge in [-0.25, -0.2) is 8.42 Å². The summed E-state index contributed by atoms with van der Waals surface area (Å²) in [6.07, 6.45) is 2.48. The van der Waals surface area contributed by atoms with Crippen molar-refractivity contribution in [3.63, 3.8) is 0 Å². The first-order chi connectivity index (χ1) is 14.7. The normalized spacial score (nSPS) is 18.2. The van der Waals surface area contributed by atoms with Gasteiger partial charge in [0.2, 0.25) is 21.8 Å². The van der Waals surface area contributed by atoms with Crippen LogP contribution in [-0.4, -0.2) is 44.2 Å². The van der Waals surface area contributed by atoms with E-state index in [9.17, 15) is 18.0 Å². The summed E-state index contributed by atoms with van der Waals surface area (Å²) in [5, 5.41) is 2.73. The predicted molar refractivity (Wildman–Crippen MR) is 119 cm³/mol. The number of nitrogens with zero attached hydrogens (tertiary/aromatic N) is 2. The Kier molecular flexibility index (Phi) is 5.61. The van der Waals surface area contributed by atoms with Crippen LogP contribution in [0.25, 0.3) is 0 Å². The highest BCUT2D eigenvalue weighted by molar-refractivity contribution is 7.89. The van der Waals surface area contributed by atoms with E-state index in [0.717, 1.165) is 34.0 Å². The zero-order valence-corrected chi connectivity index (χ0v) is 18.8. The molecule has 2 aromatic carbocycles. The fraction of sp³-hybridized carbons (Fsp3) is 0.391. The van der Waals surface area contributed by atoms with Crippen LogP contribution in [0.5, 0.6) is 0 Å². The van der Waals surface area contributed by atoms with Crippen molar-refractivity contribution in [3.05, 3.63) is 53.6 Å². The minimum absolute atomic E-state index is 0.0129. The Balaban J connectivity index is 1.49. The molecule has 1 saturated carbocycles. The molecule has 2 aromatic rings. The minimum atomic E-state index is -3.85. The number of aryl methyl sites for hydroxylation is 1. The van der Waals surface area contributed by atoms with Crippen LogP contribution in [-0.2, 0) is 26.0 Å². The average Bonchev–Trinajstić information content (AvgIpc) is 3.49. The molecule has 4 rings (SSSR count). The number of carbonyl (C=O) groups is 2. The molecule has 164 valence electrons. The Labute approximate surface area is 183 Å². The molecule has 0 spiro atoms. The highest BCUT2D eigenvalue weighted by atomic mass is 32.2. The summed E-state index contributed by atoms with van der Waals surface area (Å²) in [5.41, 5.74) is 3.27. The first-order valence-corrected chi connectivity index (χ1v) is 11.9. The van der Waals surface area contributed by atoms with Gasteiger partial charge in [-0.15, -0.1) is 0 Å². The Bertz CT molecular complexity index is 1140. The smallest absolute Gasteiger partial charge is 0.243 e. The molecule has 2 aliphatic rings. The van der Waals surface area contributed by atoms with Gasteiger partial charge in [0.15, 0.2) is 0 Å². The molecule has 0 radical (unpaired) electrons. The maximum Gasteiger partial charge on any atom is 0.243 e. The van der Waals surface area contributed by atoms with Gasteiger partial charge in [0.25, 0.3) is 0 Å². The van der Waals surface area contributed by atoms with Crippen molar-refractivity contribution in [1.82, 2.24) is 4.31 Å². The van der Waals surface area contributed by atoms with Gasteiger partial charge in [0.05, 0.1) is 11.4 Å². The van der Waals surface area contributed by atoms with E-state index in [1.54, 1.807) is 18.2 Å². The van der Waals surface area contributed by atoms with Crippen molar-refractivity contribution in [1.29, 1.82) is 0 Å². The second-order valence-corrected chi connectivity index (χ2v) is 10.5. The number of nitrogens with one attached hydrogen (secondary N) is 1. The Morgan fingerprint density at radius 2 is 1.90 bits per heavy atom. The number of fused-ring (bicyclic) bond motifs is 1. The topological polar surface area (TPSA) is 86.8 Å². The maximum absolute atomic E-state index is 13.1. The molecule has 1 unspecified atom stereocenters. The van der Waals surface area contributed by atoms with Gasteiger partial charge in [-0.2, -0.15) is 4.31 Å². The summed E-state index contributed by atoms with van der Waals surface area (Å²) >= 11 is 0. The van der Waals surface area contributed by atoms with Crippen molar-refractivity contribution in [2.24, 2.45) is 5.92 Å². The number of hydrogen-bond donors (Lipinski definition) is 1. The van der Waals surface area contributed by atoms with Gasteiger partial charge >= 0.3 is 0 Å². The number of carbonyl (C=O) groups excluding carboxylic acids is 2. The summed E-state index contributed by atoms with van der Waals surface area (Å²) in [7, 11) is -2.45. The summed E-state index contributed by atoms with van der Waals surface area (Å²) in [6.45, 7) is 3.60. The largest absolute Gasteiger partial charge is 0.325 e. The summed E-state index contributed by atoms with van der Waals surface area (Å²) in [4.78, 5) is 26.9. The molecule has 0 saturated heterocycles. The summed E-state index contributed by atoms with van der Waals surface area (Å²) < 4.78 is 27.2. The number of amides is 2. The molecular formula is C23H27N3O4S. The van der Waals surface area contributed by atoms with Crippen molar-refractivity contribution >= 4 is 33.2 Å². The summed E-state index contributed by atoms with van der Waals surface area (Å²) in [5.74, 6) is -0.172. The fourth-order valence-electron chi connectivity index (χ4n) is 4.02. The molecule has 0 bridgehead atoms. The summed E-state index contributed by atoms with van der Waals surface area (Å²) in [6, 6.07) is 12.2. The Morgan fingerprint density at radius 3 is 2.58 bits per heavy atom. The van der Waals surface area contributed by atoms with Crippen LogP contribution >= 0.6 is 0 Å². The molecule has 1 aliphatic heterocycles. The third-order valence-corrected chi connectivity index (χ3v) is 7.61. The molecule has 1 fully saturated rings. The number of likely N-dealkylation sites (N-methyl/N-ethyl adjacent to an activating group) is 1. The zero-order valence-electron chi connectivity index (χ0n) is 18.0. The van der Waals surface area contributed by atoms with Crippen molar-refractivity contribution in [3.8, 4) is 0 Å². The fourth-order valence-corrected chi connectivity index (χ4v) is 5.20. The van der Waals surface area contributed by atoms with Gasteiger partial charge in [-0.1, -0.05) is 12.1 Å². The molecule has 7 nitrogen and oxygen atoms in total. The second-order valence-electron chi connectivity index (χ2n) is 8.50. The number of sulfonamides is 1. The highest BCUT2D eigenvalue weighted by Crippen LogP contribution is 2.39. The lowest BCUT2D eigenvalue weighted by atomic mass is 10.1. The average molecular weight is 442 g/mol. The Morgan fingerprint density at radius 1 is 1.16 bits per heavy atom. The van der Waals surface area contributed by atoms with Gasteiger partial charge in [0, 0.05) is 30.4 Å². The molecular weight excluding hydrogens is 414 g/mol. The molecule has 31 heavy (non-hydrogen) atoms. The van der Waals surface area contributed by atoms with Crippen molar-refractivity contribution in [2.75, 3.05) is 23.8 Å². The number of anilines is 2. The van der Waals surface area contributed by atoms with Gasteiger partial charge in [-0.3, -0.25) is 9.59 Å². The van der Waals surface area contributed by atoms with Crippen LogP contribution < -0.4 is 10.2 Å². The number of rotatable bonds is 6. The van der Waals surface area contributed by atoms with Crippen molar-refractivity contribution in [2.45, 2.75) is 44.0 Å². The van der Waals surface area contributed by atoms with Crippen LogP contribution in [0.1, 0.15) is 30.9 Å². The molecule has 0 aromatic heterocycles. The third kappa shape index (κ3) is 4.36. The van der Waals surface area contributed by atoms with Crippen LogP contribution in [0.3, 0.4) is 0 Å². The quantitative estimate of drug-likeness (QED) is 0.747. The van der Waals surface area contributed by atoms with Gasteiger partial charge in [-0.05, 0) is 74.6 Å². The number of hydrogen-bond acceptors (Lipinski definition) is 4. The predicted octanol–water partition coefficient (Wildman–Crippen LogP) is 2.94. The van der Waals surface area contributed by atoms with E-state index < -0.39 is 15.9 Å². The molecule has 1 atom stereocenters. The number of benzene rings is 2. The van der Waals surface area contributed by atoms with Crippen molar-refractivity contribution < 1.29 is 18.0 Å². The molecule has 8 heteroatoms. The highest BCUT2D eigenvalue weighted by Gasteiger charge is 2.40. The van der Waals surface area contributed by atoms with E-state index in [2.05, 4.69) is 5.32 Å². The minimum Gasteiger partial charge on any atom is -0.325 e. The van der Waals surface area contributed by atoms with E-state index >= 15 is 0 Å². The van der Waals surface area contributed by atoms with Crippen LogP contribution in [0, 0.1) is 12.8 Å². The molecule has 1 N–H and O–H groups in total. The molecule has 1 heterocycles. The van der Waals surface area contributed by atoms with Gasteiger partial charge < -0.3 is 10.2 Å². The van der Waals surface area contributed by atoms with E-state index in [1.807, 2.05) is 36.9 Å². The standard InChI is InChI=1S/C23H27N3O4S/c1-15-5-4-6-19(11-15)24-22(27)14-25(3)31(29,30)20-9-10-21-18(13-20)12-16(2)26(21)23(28)17-7-8-17/h4-6,9-11,13,16-17H,7-8,12,14H2,1-3H3,(H,24,27). The van der Waals surface area contributed by atoms with Crippen LogP contribution in [0.4, 0.5) is 11.4 Å². The SMILES string of the molecule is Cc1cccc(NC(=O)CN(C)S(=O)(=O)c2ccc3c(c2)CC(C)N3C(=O)C2CC2)c1. The Hall–Kier alpha value is -2.71. The lowest BCUT2D eigenvalue weighted by molar-refractivity contribution is -0.120. The van der Waals surface area contributed by atoms with E-state index in [0.29, 0.717) is 12.1 Å². The van der Waals surface area contributed by atoms with Crippen LogP contribution in [0.2, 0.25) is 0 Å². The first kappa shape index (κ1) is 21.5. The third-order valence-electron chi connectivity index (χ3n) is 5.81. The first-order valence-electron chi connectivity index (χ1n) is 10.5. The molecule has 1 aliphatic carbocycles. The van der Waals surface area contributed by atoms with Crippen LogP contribution in [0.15, 0.2) is 47.4 Å². The molecule has 2 amide bonds. The lowest BCUT2D eigenvalue weighted by Gasteiger charge is -2.23. The van der Waals surface area contributed by atoms with E-state index in [1.165, 1.54) is 13.1 Å². The zero-order chi connectivity index (χ0) is 22.3. The van der Waals surface area contributed by atoms with E-state index in [-0.39, 0.29) is 29.3 Å². The monoisotopic (exact) mass is 441 g/mol. The lowest BCUT2D eigenvalue weighted by Crippen LogP contribution is -2.36. The van der Waals surface area contributed by atoms with E-state index in [4.69, 9.17) is 0 Å². The van der Waals surface area contributed by atoms with Gasteiger partial charge in [0.1, 0.15) is 0 Å². The maximum atomic E-state index is 13.1. The second kappa shape index (κ2) is 8.09.